The summed E-state index contributed by atoms with van der Waals surface area (Å²) in [6.45, 7) is 2.56. The maximum absolute atomic E-state index is 9.82. The zero-order chi connectivity index (χ0) is 8.13. The van der Waals surface area contributed by atoms with Gasteiger partial charge in [0, 0.05) is 12.0 Å². The highest BCUT2D eigenvalue weighted by atomic mass is 16.3. The Morgan fingerprint density at radius 1 is 1.00 bits per heavy atom. The molecule has 2 heterocycles. The van der Waals surface area contributed by atoms with Crippen LogP contribution in [0, 0.1) is 11.8 Å². The summed E-state index contributed by atoms with van der Waals surface area (Å²) in [4.78, 5) is 2.61. The van der Waals surface area contributed by atoms with E-state index < -0.39 is 0 Å². The van der Waals surface area contributed by atoms with Crippen LogP contribution in [0.5, 0.6) is 0 Å². The third-order valence-corrected chi connectivity index (χ3v) is 4.21. The average Bonchev–Trinajstić information content (AvgIpc) is 2.61. The molecule has 4 atom stereocenters. The summed E-state index contributed by atoms with van der Waals surface area (Å²) >= 11 is 0. The van der Waals surface area contributed by atoms with Crippen molar-refractivity contribution in [3.8, 4) is 0 Å². The second-order valence-electron chi connectivity index (χ2n) is 4.67. The number of rotatable bonds is 0. The van der Waals surface area contributed by atoms with E-state index in [1.807, 2.05) is 0 Å². The lowest BCUT2D eigenvalue weighted by Gasteiger charge is -2.35. The largest absolute Gasteiger partial charge is 0.393 e. The van der Waals surface area contributed by atoms with Crippen LogP contribution in [-0.4, -0.2) is 35.2 Å². The fourth-order valence-corrected chi connectivity index (χ4v) is 3.65. The predicted octanol–water partition coefficient (Wildman–Crippen LogP) is 0.851. The van der Waals surface area contributed by atoms with E-state index in [-0.39, 0.29) is 6.10 Å². The SMILES string of the molecule is OC1CC[C@@H]2CCN3CC[C@H]1[C@H]23. The van der Waals surface area contributed by atoms with Crippen LogP contribution in [0.25, 0.3) is 0 Å². The van der Waals surface area contributed by atoms with Crippen LogP contribution >= 0.6 is 0 Å². The predicted molar refractivity (Wildman–Crippen MR) is 46.8 cm³/mol. The number of hydrogen-bond acceptors (Lipinski definition) is 2. The molecule has 0 aromatic carbocycles. The first-order valence-corrected chi connectivity index (χ1v) is 5.28. The van der Waals surface area contributed by atoms with Crippen molar-refractivity contribution in [3.05, 3.63) is 0 Å². The van der Waals surface area contributed by atoms with E-state index in [9.17, 15) is 5.11 Å². The number of aliphatic hydroxyl groups excluding tert-OH is 1. The maximum Gasteiger partial charge on any atom is 0.0584 e. The van der Waals surface area contributed by atoms with Gasteiger partial charge in [-0.25, -0.2) is 0 Å². The molecule has 3 fully saturated rings. The molecule has 1 saturated carbocycles. The lowest BCUT2D eigenvalue weighted by atomic mass is 9.76. The molecule has 0 bridgehead atoms. The van der Waals surface area contributed by atoms with Crippen LogP contribution in [0.3, 0.4) is 0 Å². The molecule has 0 radical (unpaired) electrons. The molecule has 3 rings (SSSR count). The zero-order valence-corrected chi connectivity index (χ0v) is 7.45. The van der Waals surface area contributed by atoms with Crippen molar-refractivity contribution in [1.82, 2.24) is 4.90 Å². The minimum atomic E-state index is 0.0225. The summed E-state index contributed by atoms with van der Waals surface area (Å²) in [7, 11) is 0. The Morgan fingerprint density at radius 2 is 1.83 bits per heavy atom. The van der Waals surface area contributed by atoms with E-state index >= 15 is 0 Å². The van der Waals surface area contributed by atoms with Gasteiger partial charge in [0.25, 0.3) is 0 Å². The van der Waals surface area contributed by atoms with Crippen LogP contribution < -0.4 is 0 Å². The first-order chi connectivity index (χ1) is 5.86. The topological polar surface area (TPSA) is 23.5 Å². The molecule has 0 spiro atoms. The Kier molecular flexibility index (Phi) is 1.50. The quantitative estimate of drug-likeness (QED) is 0.578. The van der Waals surface area contributed by atoms with Crippen LogP contribution in [0.4, 0.5) is 0 Å². The Morgan fingerprint density at radius 3 is 2.75 bits per heavy atom. The summed E-state index contributed by atoms with van der Waals surface area (Å²) in [5.41, 5.74) is 0. The van der Waals surface area contributed by atoms with Crippen molar-refractivity contribution in [2.24, 2.45) is 11.8 Å². The molecular weight excluding hydrogens is 150 g/mol. The molecule has 1 unspecified atom stereocenters. The van der Waals surface area contributed by atoms with Gasteiger partial charge >= 0.3 is 0 Å². The van der Waals surface area contributed by atoms with Gasteiger partial charge in [-0.3, -0.25) is 4.90 Å². The van der Waals surface area contributed by atoms with E-state index in [0.717, 1.165) is 18.4 Å². The van der Waals surface area contributed by atoms with Crippen molar-refractivity contribution in [3.63, 3.8) is 0 Å². The normalized spacial score (nSPS) is 52.8. The second-order valence-corrected chi connectivity index (χ2v) is 4.67. The first kappa shape index (κ1) is 7.34. The molecule has 2 saturated heterocycles. The minimum absolute atomic E-state index is 0.0225. The fraction of sp³-hybridized carbons (Fsp3) is 1.00. The second kappa shape index (κ2) is 2.46. The van der Waals surface area contributed by atoms with E-state index in [4.69, 9.17) is 0 Å². The minimum Gasteiger partial charge on any atom is -0.393 e. The number of hydrogen-bond donors (Lipinski definition) is 1. The van der Waals surface area contributed by atoms with Crippen LogP contribution in [-0.2, 0) is 0 Å². The molecule has 68 valence electrons. The molecule has 1 aliphatic carbocycles. The molecular formula is C10H17NO. The van der Waals surface area contributed by atoms with Gasteiger partial charge in [-0.2, -0.15) is 0 Å². The standard InChI is InChI=1S/C10H17NO/c12-9-2-1-7-3-5-11-6-4-8(9)10(7)11/h7-10,12H,1-6H2/t7-,8-,9?,10+/m1/s1. The van der Waals surface area contributed by atoms with E-state index in [1.54, 1.807) is 0 Å². The summed E-state index contributed by atoms with van der Waals surface area (Å²) in [5.74, 6) is 1.56. The summed E-state index contributed by atoms with van der Waals surface area (Å²) in [6.07, 6.45) is 5.02. The average molecular weight is 167 g/mol. The van der Waals surface area contributed by atoms with E-state index in [2.05, 4.69) is 4.90 Å². The molecule has 0 amide bonds. The van der Waals surface area contributed by atoms with E-state index in [0.29, 0.717) is 5.92 Å². The van der Waals surface area contributed by atoms with Crippen molar-refractivity contribution < 1.29 is 5.11 Å². The van der Waals surface area contributed by atoms with Crippen molar-refractivity contribution in [2.45, 2.75) is 37.8 Å². The molecule has 12 heavy (non-hydrogen) atoms. The summed E-state index contributed by atoms with van der Waals surface area (Å²) in [6, 6.07) is 0.772. The zero-order valence-electron chi connectivity index (χ0n) is 7.45. The summed E-state index contributed by atoms with van der Waals surface area (Å²) in [5, 5.41) is 9.82. The molecule has 1 N–H and O–H groups in total. The van der Waals surface area contributed by atoms with Gasteiger partial charge < -0.3 is 5.11 Å². The van der Waals surface area contributed by atoms with Gasteiger partial charge in [-0.05, 0) is 44.7 Å². The molecule has 3 aliphatic rings. The Labute approximate surface area is 73.6 Å². The number of aliphatic hydroxyl groups is 1. The smallest absolute Gasteiger partial charge is 0.0584 e. The van der Waals surface area contributed by atoms with Crippen LogP contribution in [0.1, 0.15) is 25.7 Å². The summed E-state index contributed by atoms with van der Waals surface area (Å²) < 4.78 is 0. The third-order valence-electron chi connectivity index (χ3n) is 4.21. The van der Waals surface area contributed by atoms with Crippen molar-refractivity contribution in [1.29, 1.82) is 0 Å². The molecule has 2 aliphatic heterocycles. The van der Waals surface area contributed by atoms with Gasteiger partial charge in [-0.1, -0.05) is 0 Å². The third kappa shape index (κ3) is 0.826. The van der Waals surface area contributed by atoms with Crippen LogP contribution in [0.15, 0.2) is 0 Å². The lowest BCUT2D eigenvalue weighted by molar-refractivity contribution is 0.0344. The van der Waals surface area contributed by atoms with Gasteiger partial charge in [0.2, 0.25) is 0 Å². The molecule has 0 aromatic heterocycles. The maximum atomic E-state index is 9.82. The van der Waals surface area contributed by atoms with Gasteiger partial charge in [0.1, 0.15) is 0 Å². The fourth-order valence-electron chi connectivity index (χ4n) is 3.65. The monoisotopic (exact) mass is 167 g/mol. The lowest BCUT2D eigenvalue weighted by Crippen LogP contribution is -2.40. The highest BCUT2D eigenvalue weighted by Crippen LogP contribution is 2.45. The highest BCUT2D eigenvalue weighted by Gasteiger charge is 2.48. The van der Waals surface area contributed by atoms with Gasteiger partial charge in [-0.15, -0.1) is 0 Å². The Hall–Kier alpha value is -0.0800. The number of nitrogens with zero attached hydrogens (tertiary/aromatic N) is 1. The van der Waals surface area contributed by atoms with Gasteiger partial charge in [0.05, 0.1) is 6.10 Å². The van der Waals surface area contributed by atoms with Crippen molar-refractivity contribution >= 4 is 0 Å². The molecule has 2 heteroatoms. The van der Waals surface area contributed by atoms with Gasteiger partial charge in [0.15, 0.2) is 0 Å². The molecule has 0 aromatic rings. The van der Waals surface area contributed by atoms with Crippen LogP contribution in [0.2, 0.25) is 0 Å². The van der Waals surface area contributed by atoms with Crippen molar-refractivity contribution in [2.75, 3.05) is 13.1 Å². The molecule has 2 nitrogen and oxygen atoms in total. The Balaban J connectivity index is 1.89. The van der Waals surface area contributed by atoms with E-state index in [1.165, 1.54) is 32.4 Å². The highest BCUT2D eigenvalue weighted by molar-refractivity contribution is 5.02. The Bertz CT molecular complexity index is 194. The first-order valence-electron chi connectivity index (χ1n) is 5.28.